The van der Waals surface area contributed by atoms with E-state index >= 15 is 0 Å². The fourth-order valence-corrected chi connectivity index (χ4v) is 1.82. The lowest BCUT2D eigenvalue weighted by molar-refractivity contribution is -0.185. The molecule has 0 aliphatic rings. The predicted octanol–water partition coefficient (Wildman–Crippen LogP) is 4.96. The van der Waals surface area contributed by atoms with Gasteiger partial charge in [-0.05, 0) is 31.0 Å². The molecule has 0 radical (unpaired) electrons. The van der Waals surface area contributed by atoms with Crippen molar-refractivity contribution in [2.45, 2.75) is 26.4 Å². The summed E-state index contributed by atoms with van der Waals surface area (Å²) in [5.74, 6) is -2.41. The molecule has 2 aromatic carbocycles. The van der Waals surface area contributed by atoms with E-state index < -0.39 is 23.5 Å². The Morgan fingerprint density at radius 2 is 1.52 bits per heavy atom. The molecule has 0 N–H and O–H groups in total. The van der Waals surface area contributed by atoms with Gasteiger partial charge in [0, 0.05) is 17.7 Å². The Bertz CT molecular complexity index is 612. The molecule has 0 atom stereocenters. The van der Waals surface area contributed by atoms with E-state index in [1.807, 2.05) is 6.92 Å². The first-order valence-corrected chi connectivity index (χ1v) is 6.45. The average molecular weight is 298 g/mol. The molecule has 0 aliphatic carbocycles. The van der Waals surface area contributed by atoms with Gasteiger partial charge < -0.3 is 4.74 Å². The highest BCUT2D eigenvalue weighted by Gasteiger charge is 2.34. The van der Waals surface area contributed by atoms with E-state index in [0.717, 1.165) is 24.1 Å². The van der Waals surface area contributed by atoms with Crippen LogP contribution in [-0.4, -0.2) is 0 Å². The number of aryl methyl sites for hydroxylation is 1. The molecule has 0 heterocycles. The zero-order valence-electron chi connectivity index (χ0n) is 11.6. The first-order valence-electron chi connectivity index (χ1n) is 6.45. The number of benzene rings is 2. The van der Waals surface area contributed by atoms with E-state index in [4.69, 9.17) is 0 Å². The topological polar surface area (TPSA) is 9.23 Å². The number of halogens is 4. The fourth-order valence-electron chi connectivity index (χ4n) is 1.82. The Morgan fingerprint density at radius 3 is 2.00 bits per heavy atom. The second kappa shape index (κ2) is 5.76. The number of ether oxygens (including phenoxy) is 1. The van der Waals surface area contributed by atoms with Crippen molar-refractivity contribution in [3.8, 4) is 5.75 Å². The Balaban J connectivity index is 2.27. The van der Waals surface area contributed by atoms with Crippen LogP contribution >= 0.6 is 0 Å². The van der Waals surface area contributed by atoms with Crippen LogP contribution in [-0.2, 0) is 12.5 Å². The molecular weight excluding hydrogens is 284 g/mol. The van der Waals surface area contributed by atoms with Crippen LogP contribution in [0.4, 0.5) is 17.6 Å². The van der Waals surface area contributed by atoms with Gasteiger partial charge in [0.15, 0.2) is 0 Å². The van der Waals surface area contributed by atoms with Crippen molar-refractivity contribution < 1.29 is 22.3 Å². The molecule has 0 saturated heterocycles. The van der Waals surface area contributed by atoms with Gasteiger partial charge in [-0.15, -0.1) is 0 Å². The second-order valence-electron chi connectivity index (χ2n) is 4.68. The summed E-state index contributed by atoms with van der Waals surface area (Å²) in [6.45, 7) is 3.12. The van der Waals surface area contributed by atoms with E-state index in [1.54, 1.807) is 12.1 Å². The largest absolute Gasteiger partial charge is 0.429 e. The van der Waals surface area contributed by atoms with Crippen LogP contribution in [0.5, 0.6) is 5.75 Å². The molecule has 0 spiro atoms. The number of rotatable bonds is 4. The van der Waals surface area contributed by atoms with Crippen LogP contribution < -0.4 is 4.74 Å². The first kappa shape index (κ1) is 15.4. The fraction of sp³-hybridized carbons (Fsp3) is 0.250. The van der Waals surface area contributed by atoms with Gasteiger partial charge in [-0.2, -0.15) is 8.78 Å². The van der Waals surface area contributed by atoms with Gasteiger partial charge in [0.05, 0.1) is 5.56 Å². The number of hydrogen-bond acceptors (Lipinski definition) is 1. The maximum absolute atomic E-state index is 14.0. The number of hydrogen-bond donors (Lipinski definition) is 0. The summed E-state index contributed by atoms with van der Waals surface area (Å²) in [6.07, 6.45) is -2.94. The van der Waals surface area contributed by atoms with Crippen LogP contribution in [0.15, 0.2) is 36.4 Å². The van der Waals surface area contributed by atoms with Crippen molar-refractivity contribution >= 4 is 0 Å². The quantitative estimate of drug-likeness (QED) is 0.725. The smallest absolute Gasteiger partial charge is 0.426 e. The third kappa shape index (κ3) is 3.35. The van der Waals surface area contributed by atoms with Crippen LogP contribution in [0.3, 0.4) is 0 Å². The standard InChI is InChI=1S/C16H14F4O/c1-3-11-4-6-12(7-5-11)16(19,20)21-13-8-14(17)10(2)15(18)9-13/h4-9H,3H2,1-2H3. The summed E-state index contributed by atoms with van der Waals surface area (Å²) in [5.41, 5.74) is 0.293. The molecular formula is C16H14F4O. The summed E-state index contributed by atoms with van der Waals surface area (Å²) in [7, 11) is 0. The summed E-state index contributed by atoms with van der Waals surface area (Å²) >= 11 is 0. The molecule has 0 aliphatic heterocycles. The third-order valence-corrected chi connectivity index (χ3v) is 3.20. The zero-order valence-corrected chi connectivity index (χ0v) is 11.6. The summed E-state index contributed by atoms with van der Waals surface area (Å²) in [4.78, 5) is 0. The monoisotopic (exact) mass is 298 g/mol. The van der Waals surface area contributed by atoms with E-state index in [-0.39, 0.29) is 11.1 Å². The van der Waals surface area contributed by atoms with Gasteiger partial charge in [0.1, 0.15) is 17.4 Å². The van der Waals surface area contributed by atoms with Gasteiger partial charge in [-0.3, -0.25) is 0 Å². The van der Waals surface area contributed by atoms with Crippen molar-refractivity contribution in [1.29, 1.82) is 0 Å². The molecule has 112 valence electrons. The van der Waals surface area contributed by atoms with Crippen LogP contribution in [0.25, 0.3) is 0 Å². The summed E-state index contributed by atoms with van der Waals surface area (Å²) in [5, 5.41) is 0. The first-order chi connectivity index (χ1) is 9.83. The molecule has 2 rings (SSSR count). The molecule has 1 nitrogen and oxygen atoms in total. The Labute approximate surface area is 120 Å². The lowest BCUT2D eigenvalue weighted by Crippen LogP contribution is -2.22. The lowest BCUT2D eigenvalue weighted by Gasteiger charge is -2.19. The Morgan fingerprint density at radius 1 is 1.00 bits per heavy atom. The van der Waals surface area contributed by atoms with E-state index in [9.17, 15) is 17.6 Å². The molecule has 0 aromatic heterocycles. The van der Waals surface area contributed by atoms with Gasteiger partial charge in [-0.25, -0.2) is 8.78 Å². The highest BCUT2D eigenvalue weighted by molar-refractivity contribution is 5.31. The van der Waals surface area contributed by atoms with Crippen LogP contribution in [0.2, 0.25) is 0 Å². The molecule has 5 heteroatoms. The van der Waals surface area contributed by atoms with Crippen molar-refractivity contribution in [3.63, 3.8) is 0 Å². The maximum Gasteiger partial charge on any atom is 0.426 e. The van der Waals surface area contributed by atoms with Crippen LogP contribution in [0, 0.1) is 18.6 Å². The van der Waals surface area contributed by atoms with Gasteiger partial charge >= 0.3 is 6.11 Å². The minimum atomic E-state index is -3.67. The summed E-state index contributed by atoms with van der Waals surface area (Å²) in [6, 6.07) is 7.07. The Kier molecular flexibility index (Phi) is 4.21. The minimum absolute atomic E-state index is 0.238. The SMILES string of the molecule is CCc1ccc(C(F)(F)Oc2cc(F)c(C)c(F)c2)cc1. The number of alkyl halides is 2. The lowest BCUT2D eigenvalue weighted by atomic mass is 10.1. The molecule has 0 fully saturated rings. The van der Waals surface area contributed by atoms with Gasteiger partial charge in [0.25, 0.3) is 0 Å². The molecule has 21 heavy (non-hydrogen) atoms. The van der Waals surface area contributed by atoms with E-state index in [0.29, 0.717) is 0 Å². The summed E-state index contributed by atoms with van der Waals surface area (Å²) < 4.78 is 59.1. The van der Waals surface area contributed by atoms with Crippen LogP contribution in [0.1, 0.15) is 23.6 Å². The van der Waals surface area contributed by atoms with Crippen molar-refractivity contribution in [2.75, 3.05) is 0 Å². The second-order valence-corrected chi connectivity index (χ2v) is 4.68. The van der Waals surface area contributed by atoms with Crippen molar-refractivity contribution in [1.82, 2.24) is 0 Å². The van der Waals surface area contributed by atoms with Gasteiger partial charge in [-0.1, -0.05) is 19.1 Å². The van der Waals surface area contributed by atoms with Crippen molar-refractivity contribution in [2.24, 2.45) is 0 Å². The highest BCUT2D eigenvalue weighted by atomic mass is 19.3. The highest BCUT2D eigenvalue weighted by Crippen LogP contribution is 2.33. The third-order valence-electron chi connectivity index (χ3n) is 3.20. The van der Waals surface area contributed by atoms with Gasteiger partial charge in [0.2, 0.25) is 0 Å². The molecule has 2 aromatic rings. The normalized spacial score (nSPS) is 11.5. The molecule has 0 amide bonds. The molecule has 0 unspecified atom stereocenters. The predicted molar refractivity (Wildman–Crippen MR) is 71.4 cm³/mol. The molecule has 0 bridgehead atoms. The zero-order chi connectivity index (χ0) is 15.6. The van der Waals surface area contributed by atoms with Crippen molar-refractivity contribution in [3.05, 3.63) is 64.7 Å². The van der Waals surface area contributed by atoms with E-state index in [2.05, 4.69) is 4.74 Å². The average Bonchev–Trinajstić information content (AvgIpc) is 2.44. The minimum Gasteiger partial charge on any atom is -0.429 e. The maximum atomic E-state index is 14.0. The molecule has 0 saturated carbocycles. The van der Waals surface area contributed by atoms with E-state index in [1.165, 1.54) is 19.1 Å². The Hall–Kier alpha value is -2.04.